The van der Waals surface area contributed by atoms with Gasteiger partial charge in [0.2, 0.25) is 0 Å². The molecule has 0 aromatic rings. The lowest BCUT2D eigenvalue weighted by Gasteiger charge is -2.43. The van der Waals surface area contributed by atoms with Gasteiger partial charge in [0, 0.05) is 17.8 Å². The molecule has 102 valence electrons. The van der Waals surface area contributed by atoms with Crippen LogP contribution in [-0.4, -0.2) is 26.6 Å². The minimum Gasteiger partial charge on any atom is -0.299 e. The predicted octanol–water partition coefficient (Wildman–Crippen LogP) is 1.91. The van der Waals surface area contributed by atoms with Gasteiger partial charge >= 0.3 is 0 Å². The highest BCUT2D eigenvalue weighted by atomic mass is 32.2. The number of hydrogen-bond donors (Lipinski definition) is 0. The second kappa shape index (κ2) is 4.46. The third-order valence-corrected chi connectivity index (χ3v) is 5.15. The fourth-order valence-electron chi connectivity index (χ4n) is 3.59. The fraction of sp³-hybridized carbons (Fsp3) is 0.769. The van der Waals surface area contributed by atoms with Crippen molar-refractivity contribution < 1.29 is 17.4 Å². The molecular formula is C13H20O4S. The summed E-state index contributed by atoms with van der Waals surface area (Å²) >= 11 is 0. The average molecular weight is 272 g/mol. The van der Waals surface area contributed by atoms with Crippen molar-refractivity contribution in [1.29, 1.82) is 0 Å². The molecule has 0 N–H and O–H groups in total. The average Bonchev–Trinajstić information content (AvgIpc) is 2.55. The highest BCUT2D eigenvalue weighted by molar-refractivity contribution is 7.86. The van der Waals surface area contributed by atoms with E-state index in [9.17, 15) is 13.2 Å². The molecule has 0 spiro atoms. The van der Waals surface area contributed by atoms with Gasteiger partial charge in [-0.05, 0) is 25.2 Å². The Kier molecular flexibility index (Phi) is 3.40. The third-order valence-electron chi connectivity index (χ3n) is 4.55. The van der Waals surface area contributed by atoms with E-state index in [1.54, 1.807) is 6.08 Å². The van der Waals surface area contributed by atoms with Crippen LogP contribution in [0.5, 0.6) is 0 Å². The van der Waals surface area contributed by atoms with Gasteiger partial charge in [-0.1, -0.05) is 13.0 Å². The SMILES string of the molecule is C=C[C@@H]1[C@H](OS(C)(=O)=O)CC[C@]2(C)C(=O)CC[C@@H]12. The summed E-state index contributed by atoms with van der Waals surface area (Å²) in [5, 5.41) is 0. The van der Waals surface area contributed by atoms with Crippen molar-refractivity contribution in [3.8, 4) is 0 Å². The van der Waals surface area contributed by atoms with Gasteiger partial charge in [0.1, 0.15) is 5.78 Å². The summed E-state index contributed by atoms with van der Waals surface area (Å²) in [6.45, 7) is 5.80. The standard InChI is InChI=1S/C13H20O4S/c1-4-9-10-5-6-12(14)13(10,2)8-7-11(9)17-18(3,15)16/h4,9-11H,1,5-8H2,2-3H3/t9-,10-,11+,13-/m0/s1. The molecule has 0 aromatic heterocycles. The topological polar surface area (TPSA) is 60.4 Å². The lowest BCUT2D eigenvalue weighted by molar-refractivity contribution is -0.129. The summed E-state index contributed by atoms with van der Waals surface area (Å²) in [6.07, 6.45) is 5.19. The van der Waals surface area contributed by atoms with E-state index in [0.717, 1.165) is 12.7 Å². The Morgan fingerprint density at radius 3 is 2.67 bits per heavy atom. The molecule has 0 amide bonds. The lowest BCUT2D eigenvalue weighted by Crippen LogP contribution is -2.44. The molecule has 2 saturated carbocycles. The second-order valence-corrected chi connectivity index (χ2v) is 7.28. The molecule has 2 aliphatic carbocycles. The molecule has 4 atom stereocenters. The number of hydrogen-bond acceptors (Lipinski definition) is 4. The van der Waals surface area contributed by atoms with Crippen molar-refractivity contribution in [2.45, 2.75) is 38.7 Å². The number of carbonyl (C=O) groups excluding carboxylic acids is 1. The zero-order chi connectivity index (χ0) is 13.6. The van der Waals surface area contributed by atoms with E-state index in [1.807, 2.05) is 6.92 Å². The summed E-state index contributed by atoms with van der Waals surface area (Å²) < 4.78 is 27.7. The Morgan fingerprint density at radius 2 is 2.11 bits per heavy atom. The van der Waals surface area contributed by atoms with Crippen molar-refractivity contribution in [2.75, 3.05) is 6.26 Å². The van der Waals surface area contributed by atoms with Crippen LogP contribution in [0.25, 0.3) is 0 Å². The van der Waals surface area contributed by atoms with Crippen molar-refractivity contribution in [3.05, 3.63) is 12.7 Å². The van der Waals surface area contributed by atoms with E-state index < -0.39 is 10.1 Å². The van der Waals surface area contributed by atoms with E-state index in [-0.39, 0.29) is 23.4 Å². The zero-order valence-electron chi connectivity index (χ0n) is 10.9. The molecule has 2 aliphatic rings. The van der Waals surface area contributed by atoms with Gasteiger partial charge in [-0.2, -0.15) is 8.42 Å². The summed E-state index contributed by atoms with van der Waals surface area (Å²) in [6, 6.07) is 0. The van der Waals surface area contributed by atoms with Crippen LogP contribution in [0.15, 0.2) is 12.7 Å². The molecule has 0 heterocycles. The second-order valence-electron chi connectivity index (χ2n) is 5.68. The Bertz CT molecular complexity index is 467. The first kappa shape index (κ1) is 13.7. The third kappa shape index (κ3) is 2.26. The van der Waals surface area contributed by atoms with E-state index >= 15 is 0 Å². The van der Waals surface area contributed by atoms with Crippen molar-refractivity contribution in [1.82, 2.24) is 0 Å². The largest absolute Gasteiger partial charge is 0.299 e. The Balaban J connectivity index is 2.25. The maximum atomic E-state index is 12.0. The maximum absolute atomic E-state index is 12.0. The zero-order valence-corrected chi connectivity index (χ0v) is 11.7. The van der Waals surface area contributed by atoms with Crippen molar-refractivity contribution in [2.24, 2.45) is 17.3 Å². The van der Waals surface area contributed by atoms with E-state index in [2.05, 4.69) is 6.58 Å². The van der Waals surface area contributed by atoms with Crippen LogP contribution < -0.4 is 0 Å². The molecular weight excluding hydrogens is 252 g/mol. The smallest absolute Gasteiger partial charge is 0.264 e. The summed E-state index contributed by atoms with van der Waals surface area (Å²) in [5.74, 6) is 0.421. The minimum atomic E-state index is -3.46. The van der Waals surface area contributed by atoms with Crippen LogP contribution in [-0.2, 0) is 19.1 Å². The van der Waals surface area contributed by atoms with Gasteiger partial charge in [0.25, 0.3) is 10.1 Å². The predicted molar refractivity (Wildman–Crippen MR) is 68.5 cm³/mol. The van der Waals surface area contributed by atoms with Crippen molar-refractivity contribution >= 4 is 15.9 Å². The summed E-state index contributed by atoms with van der Waals surface area (Å²) in [7, 11) is -3.46. The number of ketones is 1. The lowest BCUT2D eigenvalue weighted by atomic mass is 9.63. The summed E-state index contributed by atoms with van der Waals surface area (Å²) in [4.78, 5) is 12.0. The molecule has 0 unspecified atom stereocenters. The van der Waals surface area contributed by atoms with E-state index in [0.29, 0.717) is 25.0 Å². The first-order valence-electron chi connectivity index (χ1n) is 6.32. The maximum Gasteiger partial charge on any atom is 0.264 e. The molecule has 0 radical (unpaired) electrons. The van der Waals surface area contributed by atoms with Gasteiger partial charge in [-0.3, -0.25) is 8.98 Å². The van der Waals surface area contributed by atoms with Gasteiger partial charge in [0.05, 0.1) is 12.4 Å². The molecule has 5 heteroatoms. The van der Waals surface area contributed by atoms with Gasteiger partial charge in [0.15, 0.2) is 0 Å². The number of carbonyl (C=O) groups is 1. The summed E-state index contributed by atoms with van der Waals surface area (Å²) in [5.41, 5.74) is -0.309. The van der Waals surface area contributed by atoms with Crippen LogP contribution in [0.2, 0.25) is 0 Å². The first-order valence-corrected chi connectivity index (χ1v) is 8.14. The van der Waals surface area contributed by atoms with Gasteiger partial charge in [-0.15, -0.1) is 6.58 Å². The number of Topliss-reactive ketones (excluding diaryl/α,β-unsaturated/α-hetero) is 1. The van der Waals surface area contributed by atoms with Gasteiger partial charge in [-0.25, -0.2) is 0 Å². The number of rotatable bonds is 3. The minimum absolute atomic E-state index is 0.0510. The normalized spacial score (nSPS) is 40.6. The Labute approximate surface area is 109 Å². The molecule has 18 heavy (non-hydrogen) atoms. The fourth-order valence-corrected chi connectivity index (χ4v) is 4.26. The van der Waals surface area contributed by atoms with E-state index in [1.165, 1.54) is 0 Å². The molecule has 0 saturated heterocycles. The van der Waals surface area contributed by atoms with Gasteiger partial charge < -0.3 is 0 Å². The Hall–Kier alpha value is -0.680. The first-order chi connectivity index (χ1) is 8.28. The quantitative estimate of drug-likeness (QED) is 0.581. The highest BCUT2D eigenvalue weighted by Crippen LogP contribution is 2.53. The molecule has 0 bridgehead atoms. The molecule has 4 nitrogen and oxygen atoms in total. The molecule has 0 aliphatic heterocycles. The highest BCUT2D eigenvalue weighted by Gasteiger charge is 2.53. The Morgan fingerprint density at radius 1 is 1.44 bits per heavy atom. The monoisotopic (exact) mass is 272 g/mol. The molecule has 0 aromatic carbocycles. The van der Waals surface area contributed by atoms with Crippen LogP contribution in [0, 0.1) is 17.3 Å². The van der Waals surface area contributed by atoms with E-state index in [4.69, 9.17) is 4.18 Å². The molecule has 2 rings (SSSR count). The van der Waals surface area contributed by atoms with Crippen LogP contribution in [0.3, 0.4) is 0 Å². The number of fused-ring (bicyclic) bond motifs is 1. The van der Waals surface area contributed by atoms with Crippen LogP contribution in [0.4, 0.5) is 0 Å². The van der Waals surface area contributed by atoms with Crippen LogP contribution in [0.1, 0.15) is 32.6 Å². The van der Waals surface area contributed by atoms with Crippen molar-refractivity contribution in [3.63, 3.8) is 0 Å². The van der Waals surface area contributed by atoms with Crippen LogP contribution >= 0.6 is 0 Å². The molecule has 2 fully saturated rings.